The maximum Gasteiger partial charge on any atom is 0.134 e. The molecule has 2 aromatic carbocycles. The Bertz CT molecular complexity index is 1000. The third-order valence-corrected chi connectivity index (χ3v) is 6.53. The SMILES string of the molecule is Fc1cc(-c2ccc(CC3CCCC3)s2)cc(F)c1-c1ccc(N=C=S)cc1. The molecule has 3 aromatic rings. The number of thiocarbonyl (C=S) groups is 1. The van der Waals surface area contributed by atoms with E-state index in [4.69, 9.17) is 0 Å². The highest BCUT2D eigenvalue weighted by Crippen LogP contribution is 2.36. The maximum atomic E-state index is 14.8. The first-order valence-corrected chi connectivity index (χ1v) is 10.6. The van der Waals surface area contributed by atoms with Crippen LogP contribution < -0.4 is 0 Å². The van der Waals surface area contributed by atoms with Crippen molar-refractivity contribution >= 4 is 34.4 Å². The zero-order valence-electron chi connectivity index (χ0n) is 15.3. The van der Waals surface area contributed by atoms with Gasteiger partial charge in [0, 0.05) is 9.75 Å². The smallest absolute Gasteiger partial charge is 0.134 e. The van der Waals surface area contributed by atoms with Gasteiger partial charge in [0.05, 0.1) is 16.4 Å². The van der Waals surface area contributed by atoms with E-state index >= 15 is 0 Å². The van der Waals surface area contributed by atoms with Gasteiger partial charge >= 0.3 is 0 Å². The summed E-state index contributed by atoms with van der Waals surface area (Å²) in [5.41, 5.74) is 1.63. The molecule has 0 unspecified atom stereocenters. The molecule has 1 heterocycles. The molecule has 0 bridgehead atoms. The van der Waals surface area contributed by atoms with Gasteiger partial charge in [0.15, 0.2) is 0 Å². The minimum Gasteiger partial charge on any atom is -0.206 e. The zero-order valence-corrected chi connectivity index (χ0v) is 16.9. The molecular formula is C23H19F2NS2. The molecule has 0 saturated heterocycles. The molecule has 142 valence electrons. The molecule has 0 N–H and O–H groups in total. The zero-order chi connectivity index (χ0) is 19.5. The number of rotatable bonds is 5. The average molecular weight is 412 g/mol. The van der Waals surface area contributed by atoms with Gasteiger partial charge in [0.2, 0.25) is 0 Å². The lowest BCUT2D eigenvalue weighted by atomic mass is 10.0. The minimum absolute atomic E-state index is 0.0237. The molecule has 1 saturated carbocycles. The summed E-state index contributed by atoms with van der Waals surface area (Å²) >= 11 is 6.21. The van der Waals surface area contributed by atoms with Crippen molar-refractivity contribution in [3.05, 3.63) is 65.0 Å². The lowest BCUT2D eigenvalue weighted by molar-refractivity contribution is 0.551. The number of halogens is 2. The molecule has 28 heavy (non-hydrogen) atoms. The molecule has 1 aliphatic rings. The second-order valence-corrected chi connectivity index (χ2v) is 8.54. The Balaban J connectivity index is 1.60. The summed E-state index contributed by atoms with van der Waals surface area (Å²) in [6, 6.07) is 13.5. The van der Waals surface area contributed by atoms with Crippen LogP contribution in [0, 0.1) is 17.6 Å². The quantitative estimate of drug-likeness (QED) is 0.308. The van der Waals surface area contributed by atoms with Crippen LogP contribution in [0.1, 0.15) is 30.6 Å². The number of isothiocyanates is 1. The van der Waals surface area contributed by atoms with Gasteiger partial charge < -0.3 is 0 Å². The summed E-state index contributed by atoms with van der Waals surface area (Å²) in [6.45, 7) is 0. The van der Waals surface area contributed by atoms with E-state index in [9.17, 15) is 8.78 Å². The molecule has 0 atom stereocenters. The molecule has 0 spiro atoms. The average Bonchev–Trinajstić information content (AvgIpc) is 3.35. The van der Waals surface area contributed by atoms with Gasteiger partial charge in [-0.05, 0) is 72.1 Å². The summed E-state index contributed by atoms with van der Waals surface area (Å²) in [7, 11) is 0. The van der Waals surface area contributed by atoms with Crippen LogP contribution in [0.5, 0.6) is 0 Å². The van der Waals surface area contributed by atoms with Crippen molar-refractivity contribution in [3.8, 4) is 21.6 Å². The molecular weight excluding hydrogens is 392 g/mol. The van der Waals surface area contributed by atoms with Crippen LogP contribution in [0.3, 0.4) is 0 Å². The summed E-state index contributed by atoms with van der Waals surface area (Å²) in [6.07, 6.45) is 6.29. The van der Waals surface area contributed by atoms with Gasteiger partial charge in [-0.2, -0.15) is 4.99 Å². The lowest BCUT2D eigenvalue weighted by Gasteiger charge is -2.08. The van der Waals surface area contributed by atoms with Crippen LogP contribution in [-0.4, -0.2) is 5.16 Å². The van der Waals surface area contributed by atoms with Gasteiger partial charge in [-0.1, -0.05) is 37.8 Å². The fraction of sp³-hybridized carbons (Fsp3) is 0.261. The molecule has 1 aliphatic carbocycles. The normalized spacial score (nSPS) is 14.2. The molecule has 1 nitrogen and oxygen atoms in total. The molecule has 0 radical (unpaired) electrons. The van der Waals surface area contributed by atoms with Crippen LogP contribution >= 0.6 is 23.6 Å². The van der Waals surface area contributed by atoms with E-state index in [1.54, 1.807) is 35.6 Å². The number of hydrogen-bond donors (Lipinski definition) is 0. The third-order valence-electron chi connectivity index (χ3n) is 5.28. The summed E-state index contributed by atoms with van der Waals surface area (Å²) in [5.74, 6) is -0.369. The number of benzene rings is 2. The first kappa shape index (κ1) is 19.1. The summed E-state index contributed by atoms with van der Waals surface area (Å²) in [4.78, 5) is 6.06. The van der Waals surface area contributed by atoms with Crippen LogP contribution in [0.2, 0.25) is 0 Å². The summed E-state index contributed by atoms with van der Waals surface area (Å²) in [5, 5.41) is 2.28. The van der Waals surface area contributed by atoms with E-state index in [1.807, 2.05) is 6.07 Å². The van der Waals surface area contributed by atoms with Crippen LogP contribution in [0.15, 0.2) is 53.5 Å². The molecule has 0 amide bonds. The van der Waals surface area contributed by atoms with Gasteiger partial charge in [-0.15, -0.1) is 11.3 Å². The van der Waals surface area contributed by atoms with E-state index in [2.05, 4.69) is 28.4 Å². The predicted molar refractivity (Wildman–Crippen MR) is 115 cm³/mol. The highest BCUT2D eigenvalue weighted by Gasteiger charge is 2.18. The Labute approximate surface area is 172 Å². The minimum atomic E-state index is -0.563. The molecule has 5 heteroatoms. The van der Waals surface area contributed by atoms with Crippen LogP contribution in [0.25, 0.3) is 21.6 Å². The van der Waals surface area contributed by atoms with Crippen molar-refractivity contribution in [3.63, 3.8) is 0 Å². The van der Waals surface area contributed by atoms with Gasteiger partial charge in [0.1, 0.15) is 11.6 Å². The highest BCUT2D eigenvalue weighted by molar-refractivity contribution is 7.78. The van der Waals surface area contributed by atoms with E-state index in [0.717, 1.165) is 17.2 Å². The number of hydrogen-bond acceptors (Lipinski definition) is 3. The topological polar surface area (TPSA) is 12.4 Å². The third kappa shape index (κ3) is 4.12. The fourth-order valence-electron chi connectivity index (χ4n) is 3.89. The lowest BCUT2D eigenvalue weighted by Crippen LogP contribution is -1.95. The van der Waals surface area contributed by atoms with Gasteiger partial charge in [0.25, 0.3) is 0 Å². The Morgan fingerprint density at radius 2 is 1.64 bits per heavy atom. The van der Waals surface area contributed by atoms with E-state index in [1.165, 1.54) is 42.7 Å². The van der Waals surface area contributed by atoms with E-state index in [-0.39, 0.29) is 5.56 Å². The van der Waals surface area contributed by atoms with Crippen molar-refractivity contribution in [1.29, 1.82) is 0 Å². The molecule has 1 fully saturated rings. The van der Waals surface area contributed by atoms with Crippen molar-refractivity contribution in [2.45, 2.75) is 32.1 Å². The number of aliphatic imine (C=N–C) groups is 1. The van der Waals surface area contributed by atoms with Gasteiger partial charge in [-0.3, -0.25) is 0 Å². The van der Waals surface area contributed by atoms with Crippen LogP contribution in [-0.2, 0) is 6.42 Å². The van der Waals surface area contributed by atoms with Gasteiger partial charge in [-0.25, -0.2) is 8.78 Å². The Morgan fingerprint density at radius 1 is 0.964 bits per heavy atom. The maximum absolute atomic E-state index is 14.8. The molecule has 1 aromatic heterocycles. The second kappa shape index (κ2) is 8.44. The van der Waals surface area contributed by atoms with E-state index in [0.29, 0.717) is 16.8 Å². The number of nitrogens with zero attached hydrogens (tertiary/aromatic N) is 1. The monoisotopic (exact) mass is 411 g/mol. The molecule has 0 aliphatic heterocycles. The molecule has 4 rings (SSSR count). The highest BCUT2D eigenvalue weighted by atomic mass is 32.1. The summed E-state index contributed by atoms with van der Waals surface area (Å²) < 4.78 is 29.6. The first-order chi connectivity index (χ1) is 13.6. The van der Waals surface area contributed by atoms with Crippen molar-refractivity contribution in [1.82, 2.24) is 0 Å². The largest absolute Gasteiger partial charge is 0.206 e. The Kier molecular flexibility index (Phi) is 5.77. The van der Waals surface area contributed by atoms with Crippen molar-refractivity contribution < 1.29 is 8.78 Å². The Hall–Kier alpha value is -2.20. The first-order valence-electron chi connectivity index (χ1n) is 9.40. The fourth-order valence-corrected chi connectivity index (χ4v) is 5.10. The second-order valence-electron chi connectivity index (χ2n) is 7.19. The predicted octanol–water partition coefficient (Wildman–Crippen LogP) is 7.83. The number of thiophene rings is 1. The standard InChI is InChI=1S/C23H19F2NS2/c24-20-12-17(22-10-9-19(28-22)11-15-3-1-2-4-15)13-21(25)23(20)16-5-7-18(8-6-16)26-14-27/h5-10,12-13,15H,1-4,11H2. The van der Waals surface area contributed by atoms with Crippen LogP contribution in [0.4, 0.5) is 14.5 Å². The van der Waals surface area contributed by atoms with E-state index < -0.39 is 11.6 Å². The van der Waals surface area contributed by atoms with Crippen molar-refractivity contribution in [2.75, 3.05) is 0 Å². The Morgan fingerprint density at radius 3 is 2.29 bits per heavy atom. The van der Waals surface area contributed by atoms with Crippen molar-refractivity contribution in [2.24, 2.45) is 10.9 Å².